The van der Waals surface area contributed by atoms with Crippen molar-refractivity contribution in [2.45, 2.75) is 0 Å². The fourth-order valence-electron chi connectivity index (χ4n) is 12.4. The van der Waals surface area contributed by atoms with Gasteiger partial charge in [-0.3, -0.25) is 0 Å². The normalized spacial score (nSPS) is 12.1. The summed E-state index contributed by atoms with van der Waals surface area (Å²) in [6, 6.07) is 91.2. The van der Waals surface area contributed by atoms with Gasteiger partial charge < -0.3 is 0 Å². The summed E-state index contributed by atoms with van der Waals surface area (Å²) in [4.78, 5) is 0. The molecule has 312 valence electrons. The molecule has 0 atom stereocenters. The highest BCUT2D eigenvalue weighted by atomic mass is 14.3. The van der Waals surface area contributed by atoms with Crippen molar-refractivity contribution in [1.82, 2.24) is 0 Å². The van der Waals surface area contributed by atoms with Crippen LogP contribution in [0.25, 0.3) is 152 Å². The maximum absolute atomic E-state index is 2.52. The largest absolute Gasteiger partial charge is 0.0622 e. The molecule has 0 fully saturated rings. The molecular formula is C68H40. The highest BCUT2D eigenvalue weighted by molar-refractivity contribution is 6.38. The molecule has 0 aliphatic rings. The molecule has 0 amide bonds. The van der Waals surface area contributed by atoms with E-state index in [-0.39, 0.29) is 0 Å². The van der Waals surface area contributed by atoms with Gasteiger partial charge in [-0.25, -0.2) is 0 Å². The van der Waals surface area contributed by atoms with Gasteiger partial charge in [0.25, 0.3) is 0 Å². The topological polar surface area (TPSA) is 0 Å². The van der Waals surface area contributed by atoms with Crippen LogP contribution in [0, 0.1) is 0 Å². The predicted molar refractivity (Wildman–Crippen MR) is 294 cm³/mol. The first-order valence-corrected chi connectivity index (χ1v) is 23.7. The average Bonchev–Trinajstić information content (AvgIpc) is 3.40. The van der Waals surface area contributed by atoms with E-state index in [2.05, 4.69) is 243 Å². The molecule has 0 aliphatic carbocycles. The highest BCUT2D eigenvalue weighted by Crippen LogP contribution is 2.50. The van der Waals surface area contributed by atoms with Crippen LogP contribution in [-0.4, -0.2) is 0 Å². The average molecular weight is 857 g/mol. The Labute approximate surface area is 392 Å². The molecule has 0 aromatic heterocycles. The first-order chi connectivity index (χ1) is 33.8. The van der Waals surface area contributed by atoms with Crippen molar-refractivity contribution in [2.24, 2.45) is 0 Å². The molecule has 0 N–H and O–H groups in total. The molecule has 0 spiro atoms. The van der Waals surface area contributed by atoms with Gasteiger partial charge in [0.15, 0.2) is 0 Å². The number of rotatable bonds is 4. The van der Waals surface area contributed by atoms with Gasteiger partial charge in [0, 0.05) is 0 Å². The second kappa shape index (κ2) is 14.3. The van der Waals surface area contributed by atoms with Crippen LogP contribution < -0.4 is 0 Å². The van der Waals surface area contributed by atoms with Gasteiger partial charge in [0.2, 0.25) is 0 Å². The summed E-state index contributed by atoms with van der Waals surface area (Å²) >= 11 is 0. The van der Waals surface area contributed by atoms with Crippen molar-refractivity contribution in [3.63, 3.8) is 0 Å². The fourth-order valence-corrected chi connectivity index (χ4v) is 12.4. The summed E-state index contributed by atoms with van der Waals surface area (Å²) in [5.41, 5.74) is 10.1. The third-order valence-corrected chi connectivity index (χ3v) is 15.1. The van der Waals surface area contributed by atoms with Crippen LogP contribution in [0.4, 0.5) is 0 Å². The minimum absolute atomic E-state index is 1.23. The monoisotopic (exact) mass is 856 g/mol. The van der Waals surface area contributed by atoms with E-state index in [9.17, 15) is 0 Å². The molecule has 0 heterocycles. The number of hydrogen-bond acceptors (Lipinski definition) is 0. The summed E-state index contributed by atoms with van der Waals surface area (Å²) in [5, 5.41) is 25.4. The van der Waals surface area contributed by atoms with Crippen LogP contribution in [0.2, 0.25) is 0 Å². The molecular weight excluding hydrogens is 817 g/mol. The molecule has 0 bridgehead atoms. The molecule has 15 aromatic rings. The van der Waals surface area contributed by atoms with Gasteiger partial charge in [-0.05, 0) is 176 Å². The van der Waals surface area contributed by atoms with E-state index in [0.29, 0.717) is 0 Å². The minimum atomic E-state index is 1.23. The predicted octanol–water partition coefficient (Wildman–Crippen LogP) is 19.3. The van der Waals surface area contributed by atoms with Gasteiger partial charge in [-0.1, -0.05) is 218 Å². The maximum atomic E-state index is 2.52. The molecule has 0 nitrogen and oxygen atoms in total. The SMILES string of the molecule is c1ccc(-c2c3ccccc3c(-c3cc4ccc5cccc6c7cc(-c8c9ccccc9c(-c9ccccc9)c9ccccc89)cc8ccc9cccc(c(c3)c4c56)c9c87)c3ccccc23)cc1. The summed E-state index contributed by atoms with van der Waals surface area (Å²) < 4.78 is 0. The molecule has 0 saturated heterocycles. The molecule has 0 unspecified atom stereocenters. The smallest absolute Gasteiger partial charge is 0.00199 e. The van der Waals surface area contributed by atoms with Gasteiger partial charge in [0.1, 0.15) is 0 Å². The van der Waals surface area contributed by atoms with Crippen molar-refractivity contribution < 1.29 is 0 Å². The van der Waals surface area contributed by atoms with Gasteiger partial charge >= 0.3 is 0 Å². The zero-order chi connectivity index (χ0) is 44.5. The van der Waals surface area contributed by atoms with Crippen molar-refractivity contribution in [2.75, 3.05) is 0 Å². The molecule has 68 heavy (non-hydrogen) atoms. The Bertz CT molecular complexity index is 4170. The lowest BCUT2D eigenvalue weighted by Crippen LogP contribution is -1.93. The molecule has 15 aromatic carbocycles. The van der Waals surface area contributed by atoms with Crippen LogP contribution in [0.1, 0.15) is 0 Å². The Morgan fingerprint density at radius 1 is 0.147 bits per heavy atom. The van der Waals surface area contributed by atoms with E-state index in [1.54, 1.807) is 0 Å². The second-order valence-corrected chi connectivity index (χ2v) is 18.6. The molecule has 0 saturated carbocycles. The van der Waals surface area contributed by atoms with E-state index in [0.717, 1.165) is 0 Å². The highest BCUT2D eigenvalue weighted by Gasteiger charge is 2.22. The van der Waals surface area contributed by atoms with E-state index < -0.39 is 0 Å². The molecule has 0 aliphatic heterocycles. The van der Waals surface area contributed by atoms with Crippen molar-refractivity contribution >= 4 is 108 Å². The quantitative estimate of drug-likeness (QED) is 0.122. The minimum Gasteiger partial charge on any atom is -0.0622 e. The first kappa shape index (κ1) is 37.4. The lowest BCUT2D eigenvalue weighted by molar-refractivity contribution is 1.66. The lowest BCUT2D eigenvalue weighted by Gasteiger charge is -2.21. The number of fused-ring (bicyclic) bond motifs is 6. The number of benzene rings is 14. The zero-order valence-corrected chi connectivity index (χ0v) is 37.1. The summed E-state index contributed by atoms with van der Waals surface area (Å²) in [5.74, 6) is 0. The van der Waals surface area contributed by atoms with Gasteiger partial charge in [0.05, 0.1) is 0 Å². The zero-order valence-electron chi connectivity index (χ0n) is 37.1. The standard InChI is InChI=1S/C68H40/c1-3-17-41(18-4-1)61-49-23-7-11-27-53(49)63(54-28-12-8-24-50(54)61)47-37-45-35-33-43-22-16-32-58-60-40-48(38-46-36-34-44-21-15-31-57(65(44)68(46)60)59(39-47)67(45)66(43)58)64-55-29-13-9-25-51(55)62(42-19-5-2-6-20-42)52-26-10-14-30-56(52)64/h1-40H. The molecule has 15 rings (SSSR count). The van der Waals surface area contributed by atoms with Crippen LogP contribution in [0.15, 0.2) is 243 Å². The maximum Gasteiger partial charge on any atom is -0.00199 e. The third-order valence-electron chi connectivity index (χ3n) is 15.1. The lowest BCUT2D eigenvalue weighted by atomic mass is 9.82. The molecule has 0 radical (unpaired) electrons. The summed E-state index contributed by atoms with van der Waals surface area (Å²) in [6.07, 6.45) is 0. The van der Waals surface area contributed by atoms with E-state index >= 15 is 0 Å². The fraction of sp³-hybridized carbons (Fsp3) is 0. The first-order valence-electron chi connectivity index (χ1n) is 23.7. The van der Waals surface area contributed by atoms with Crippen molar-refractivity contribution in [3.8, 4) is 44.5 Å². The van der Waals surface area contributed by atoms with Crippen molar-refractivity contribution in [1.29, 1.82) is 0 Å². The van der Waals surface area contributed by atoms with Gasteiger partial charge in [-0.15, -0.1) is 0 Å². The third kappa shape index (κ3) is 5.26. The summed E-state index contributed by atoms with van der Waals surface area (Å²) in [7, 11) is 0. The van der Waals surface area contributed by atoms with Crippen molar-refractivity contribution in [3.05, 3.63) is 243 Å². The van der Waals surface area contributed by atoms with E-state index in [1.165, 1.54) is 152 Å². The second-order valence-electron chi connectivity index (χ2n) is 18.6. The summed E-state index contributed by atoms with van der Waals surface area (Å²) in [6.45, 7) is 0. The van der Waals surface area contributed by atoms with Crippen LogP contribution >= 0.6 is 0 Å². The van der Waals surface area contributed by atoms with Crippen LogP contribution in [-0.2, 0) is 0 Å². The van der Waals surface area contributed by atoms with Crippen LogP contribution in [0.5, 0.6) is 0 Å². The van der Waals surface area contributed by atoms with E-state index in [4.69, 9.17) is 0 Å². The number of hydrogen-bond donors (Lipinski definition) is 0. The van der Waals surface area contributed by atoms with Crippen LogP contribution in [0.3, 0.4) is 0 Å². The Balaban J connectivity index is 1.09. The van der Waals surface area contributed by atoms with Gasteiger partial charge in [-0.2, -0.15) is 0 Å². The Hall–Kier alpha value is -8.84. The Kier molecular flexibility index (Phi) is 7.88. The Morgan fingerprint density at radius 2 is 0.412 bits per heavy atom. The Morgan fingerprint density at radius 3 is 0.750 bits per heavy atom. The van der Waals surface area contributed by atoms with E-state index in [1.807, 2.05) is 0 Å². The molecule has 0 heteroatoms.